The first-order chi connectivity index (χ1) is 16.9. The number of halogens is 2. The highest BCUT2D eigenvalue weighted by Gasteiger charge is 2.26. The molecule has 6 heteroatoms. The highest BCUT2D eigenvalue weighted by molar-refractivity contribution is 5.91. The Labute approximate surface area is 217 Å². The van der Waals surface area contributed by atoms with E-state index in [-0.39, 0.29) is 24.3 Å². The second-order valence-electron chi connectivity index (χ2n) is 9.43. The fraction of sp³-hybridized carbons (Fsp3) is 0.233. The van der Waals surface area contributed by atoms with Gasteiger partial charge in [0.15, 0.2) is 0 Å². The van der Waals surface area contributed by atoms with Gasteiger partial charge in [-0.25, -0.2) is 9.18 Å². The summed E-state index contributed by atoms with van der Waals surface area (Å²) in [5.41, 5.74) is 5.44. The number of carboxylic acid groups (broad SMARTS) is 1. The van der Waals surface area contributed by atoms with Crippen LogP contribution in [0.5, 0.6) is 0 Å². The first-order valence-electron chi connectivity index (χ1n) is 12.0. The number of fused-ring (bicyclic) bond motifs is 2. The van der Waals surface area contributed by atoms with Crippen LogP contribution >= 0.6 is 12.4 Å². The molecule has 1 unspecified atom stereocenters. The number of hydrogen-bond acceptors (Lipinski definition) is 3. The summed E-state index contributed by atoms with van der Waals surface area (Å²) < 4.78 is 14.3. The van der Waals surface area contributed by atoms with Crippen LogP contribution < -0.4 is 10.2 Å². The van der Waals surface area contributed by atoms with Gasteiger partial charge in [-0.2, -0.15) is 0 Å². The first kappa shape index (κ1) is 25.7. The van der Waals surface area contributed by atoms with E-state index in [1.54, 1.807) is 12.1 Å². The Balaban J connectivity index is 0.00000304. The van der Waals surface area contributed by atoms with Crippen LogP contribution in [-0.2, 0) is 6.42 Å². The normalized spacial score (nSPS) is 15.8. The average molecular weight is 505 g/mol. The summed E-state index contributed by atoms with van der Waals surface area (Å²) in [4.78, 5) is 14.0. The van der Waals surface area contributed by atoms with Crippen molar-refractivity contribution in [2.75, 3.05) is 18.0 Å². The van der Waals surface area contributed by atoms with Gasteiger partial charge in [0.05, 0.1) is 5.56 Å². The summed E-state index contributed by atoms with van der Waals surface area (Å²) in [6, 6.07) is 25.1. The Kier molecular flexibility index (Phi) is 7.62. The smallest absolute Gasteiger partial charge is 0.336 e. The summed E-state index contributed by atoms with van der Waals surface area (Å²) in [6.45, 7) is 5.51. The summed E-state index contributed by atoms with van der Waals surface area (Å²) in [5, 5.41) is 14.9. The van der Waals surface area contributed by atoms with Crippen molar-refractivity contribution >= 4 is 40.5 Å². The number of nitrogens with one attached hydrogen (secondary N) is 1. The number of aromatic carboxylic acids is 1. The van der Waals surface area contributed by atoms with E-state index in [1.165, 1.54) is 5.56 Å². The monoisotopic (exact) mass is 504 g/mol. The van der Waals surface area contributed by atoms with Crippen LogP contribution in [0, 0.1) is 18.7 Å². The number of rotatable bonds is 6. The van der Waals surface area contributed by atoms with Crippen molar-refractivity contribution in [3.05, 3.63) is 107 Å². The largest absolute Gasteiger partial charge is 0.478 e. The number of anilines is 2. The fourth-order valence-corrected chi connectivity index (χ4v) is 5.18. The van der Waals surface area contributed by atoms with E-state index in [4.69, 9.17) is 0 Å². The third-order valence-corrected chi connectivity index (χ3v) is 7.08. The number of nitrogens with zero attached hydrogens (tertiary/aromatic N) is 1. The van der Waals surface area contributed by atoms with Crippen LogP contribution in [0.2, 0.25) is 0 Å². The van der Waals surface area contributed by atoms with Crippen molar-refractivity contribution in [1.82, 2.24) is 5.32 Å². The lowest BCUT2D eigenvalue weighted by Crippen LogP contribution is -2.38. The molecule has 0 saturated heterocycles. The Morgan fingerprint density at radius 2 is 1.78 bits per heavy atom. The predicted molar refractivity (Wildman–Crippen MR) is 146 cm³/mol. The number of benzene rings is 4. The van der Waals surface area contributed by atoms with Crippen LogP contribution in [0.25, 0.3) is 10.8 Å². The molecule has 0 fully saturated rings. The molecule has 0 spiro atoms. The zero-order chi connectivity index (χ0) is 24.5. The van der Waals surface area contributed by atoms with Gasteiger partial charge in [-0.05, 0) is 72.5 Å². The van der Waals surface area contributed by atoms with Crippen LogP contribution in [0.1, 0.15) is 40.0 Å². The van der Waals surface area contributed by atoms with E-state index >= 15 is 0 Å². The number of hydrogen-bond donors (Lipinski definition) is 2. The molecule has 2 atom stereocenters. The summed E-state index contributed by atoms with van der Waals surface area (Å²) in [5.74, 6) is -0.781. The van der Waals surface area contributed by atoms with Gasteiger partial charge in [0, 0.05) is 35.9 Å². The molecule has 0 aromatic heterocycles. The van der Waals surface area contributed by atoms with Crippen molar-refractivity contribution in [2.45, 2.75) is 26.3 Å². The van der Waals surface area contributed by atoms with Crippen molar-refractivity contribution in [3.63, 3.8) is 0 Å². The Morgan fingerprint density at radius 1 is 1.06 bits per heavy atom. The van der Waals surface area contributed by atoms with E-state index < -0.39 is 5.97 Å². The molecule has 4 nitrogen and oxygen atoms in total. The van der Waals surface area contributed by atoms with Crippen LogP contribution in [0.3, 0.4) is 0 Å². The van der Waals surface area contributed by atoms with Crippen LogP contribution in [0.15, 0.2) is 78.9 Å². The van der Waals surface area contributed by atoms with Gasteiger partial charge in [0.25, 0.3) is 0 Å². The standard InChI is InChI=1S/C30H29FN2O2.ClH/c1-19-11-12-23(16-27(19)30(34)35)33-18-21(15-22-7-3-6-10-29(22)33)17-32-20(2)24-13-14-28(31)26-9-5-4-8-25(24)26;/h3-14,16,20-21,32H,15,17-18H2,1-2H3,(H,34,35);1H/t20-,21?;/m1./s1. The molecule has 4 aromatic rings. The van der Waals surface area contributed by atoms with Gasteiger partial charge < -0.3 is 15.3 Å². The van der Waals surface area contributed by atoms with Gasteiger partial charge in [0.2, 0.25) is 0 Å². The van der Waals surface area contributed by atoms with Gasteiger partial charge >= 0.3 is 5.97 Å². The summed E-state index contributed by atoms with van der Waals surface area (Å²) in [6.07, 6.45) is 0.939. The molecule has 186 valence electrons. The highest BCUT2D eigenvalue weighted by Crippen LogP contribution is 2.36. The van der Waals surface area contributed by atoms with Crippen molar-refractivity contribution in [1.29, 1.82) is 0 Å². The van der Waals surface area contributed by atoms with E-state index in [9.17, 15) is 14.3 Å². The molecular weight excluding hydrogens is 475 g/mol. The zero-order valence-electron chi connectivity index (χ0n) is 20.4. The lowest BCUT2D eigenvalue weighted by atomic mass is 9.91. The molecule has 1 aliphatic heterocycles. The lowest BCUT2D eigenvalue weighted by Gasteiger charge is -2.37. The van der Waals surface area contributed by atoms with Gasteiger partial charge in [-0.3, -0.25) is 0 Å². The van der Waals surface area contributed by atoms with E-state index in [1.807, 2.05) is 55.5 Å². The maximum Gasteiger partial charge on any atom is 0.336 e. The Hall–Kier alpha value is -3.41. The fourth-order valence-electron chi connectivity index (χ4n) is 5.18. The molecule has 5 rings (SSSR count). The van der Waals surface area contributed by atoms with Gasteiger partial charge in [0.1, 0.15) is 5.82 Å². The molecule has 2 N–H and O–H groups in total. The van der Waals surface area contributed by atoms with Gasteiger partial charge in [-0.1, -0.05) is 54.6 Å². The second-order valence-corrected chi connectivity index (χ2v) is 9.43. The van der Waals surface area contributed by atoms with E-state index in [2.05, 4.69) is 35.3 Å². The second kappa shape index (κ2) is 10.7. The molecule has 1 heterocycles. The predicted octanol–water partition coefficient (Wildman–Crippen LogP) is 7.07. The zero-order valence-corrected chi connectivity index (χ0v) is 21.2. The molecule has 36 heavy (non-hydrogen) atoms. The molecular formula is C30H30ClFN2O2. The third-order valence-electron chi connectivity index (χ3n) is 7.08. The minimum absolute atomic E-state index is 0. The number of carbonyl (C=O) groups is 1. The first-order valence-corrected chi connectivity index (χ1v) is 12.0. The average Bonchev–Trinajstić information content (AvgIpc) is 2.87. The van der Waals surface area contributed by atoms with Crippen molar-refractivity contribution < 1.29 is 14.3 Å². The number of para-hydroxylation sites is 1. The quantitative estimate of drug-likeness (QED) is 0.295. The molecule has 0 radical (unpaired) electrons. The molecule has 1 aliphatic rings. The molecule has 0 saturated carbocycles. The Morgan fingerprint density at radius 3 is 2.56 bits per heavy atom. The van der Waals surface area contributed by atoms with Crippen LogP contribution in [-0.4, -0.2) is 24.2 Å². The van der Waals surface area contributed by atoms with Crippen molar-refractivity contribution in [3.8, 4) is 0 Å². The number of aryl methyl sites for hydroxylation is 1. The van der Waals surface area contributed by atoms with E-state index in [0.29, 0.717) is 16.9 Å². The Bertz CT molecular complexity index is 1410. The van der Waals surface area contributed by atoms with Crippen LogP contribution in [0.4, 0.5) is 15.8 Å². The summed E-state index contributed by atoms with van der Waals surface area (Å²) in [7, 11) is 0. The lowest BCUT2D eigenvalue weighted by molar-refractivity contribution is 0.0696. The summed E-state index contributed by atoms with van der Waals surface area (Å²) >= 11 is 0. The van der Waals surface area contributed by atoms with E-state index in [0.717, 1.165) is 47.4 Å². The SMILES string of the molecule is Cc1ccc(N2CC(CN[C@H](C)c3ccc(F)c4ccccc34)Cc3ccccc32)cc1C(=O)O.Cl. The molecule has 0 amide bonds. The number of carboxylic acids is 1. The molecule has 0 aliphatic carbocycles. The minimum Gasteiger partial charge on any atom is -0.478 e. The molecule has 4 aromatic carbocycles. The highest BCUT2D eigenvalue weighted by atomic mass is 35.5. The van der Waals surface area contributed by atoms with Gasteiger partial charge in [-0.15, -0.1) is 12.4 Å². The topological polar surface area (TPSA) is 52.6 Å². The maximum absolute atomic E-state index is 14.3. The third kappa shape index (κ3) is 4.95. The van der Waals surface area contributed by atoms with Crippen molar-refractivity contribution in [2.24, 2.45) is 5.92 Å². The minimum atomic E-state index is -0.909. The maximum atomic E-state index is 14.3. The molecule has 0 bridgehead atoms.